The van der Waals surface area contributed by atoms with Crippen LogP contribution >= 0.6 is 0 Å². The Kier molecular flexibility index (Phi) is 4.94. The Labute approximate surface area is 157 Å². The molecule has 1 atom stereocenters. The number of anilines is 1. The molecule has 1 saturated heterocycles. The van der Waals surface area contributed by atoms with E-state index in [1.807, 2.05) is 0 Å². The fourth-order valence-electron chi connectivity index (χ4n) is 4.31. The van der Waals surface area contributed by atoms with Gasteiger partial charge >= 0.3 is 0 Å². The molecule has 0 N–H and O–H groups in total. The zero-order valence-electron chi connectivity index (χ0n) is 15.9. The van der Waals surface area contributed by atoms with E-state index in [2.05, 4.69) is 11.8 Å². The van der Waals surface area contributed by atoms with Crippen molar-refractivity contribution in [1.29, 1.82) is 0 Å². The van der Waals surface area contributed by atoms with Gasteiger partial charge in [-0.3, -0.25) is 0 Å². The van der Waals surface area contributed by atoms with Gasteiger partial charge in [0.15, 0.2) is 0 Å². The molecule has 144 valence electrons. The van der Waals surface area contributed by atoms with Crippen LogP contribution in [0.5, 0.6) is 0 Å². The van der Waals surface area contributed by atoms with Gasteiger partial charge in [-0.1, -0.05) is 6.42 Å². The number of hydrogen-bond acceptors (Lipinski definition) is 5. The van der Waals surface area contributed by atoms with Crippen LogP contribution in [0.4, 0.5) is 5.82 Å². The van der Waals surface area contributed by atoms with E-state index in [9.17, 15) is 8.42 Å². The van der Waals surface area contributed by atoms with Gasteiger partial charge in [0, 0.05) is 30.9 Å². The lowest BCUT2D eigenvalue weighted by Crippen LogP contribution is -2.41. The molecule has 2 aliphatic heterocycles. The molecule has 0 aromatic carbocycles. The number of hydrogen-bond donors (Lipinski definition) is 0. The number of aromatic nitrogens is 2. The molecule has 0 bridgehead atoms. The molecule has 0 unspecified atom stereocenters. The highest BCUT2D eigenvalue weighted by Crippen LogP contribution is 2.37. The lowest BCUT2D eigenvalue weighted by atomic mass is 10.0. The predicted molar refractivity (Wildman–Crippen MR) is 103 cm³/mol. The first kappa shape index (κ1) is 18.2. The summed E-state index contributed by atoms with van der Waals surface area (Å²) in [6.45, 7) is 6.52. The molecule has 3 heterocycles. The van der Waals surface area contributed by atoms with Crippen LogP contribution in [0.15, 0.2) is 0 Å². The summed E-state index contributed by atoms with van der Waals surface area (Å²) >= 11 is 0. The summed E-state index contributed by atoms with van der Waals surface area (Å²) in [6, 6.07) is -0.206. The molecule has 7 heteroatoms. The van der Waals surface area contributed by atoms with E-state index in [1.54, 1.807) is 11.2 Å². The normalized spacial score (nSPS) is 24.5. The SMILES string of the molecule is CCS(=O)(=O)N1CCCC[C@H]1c1nc(C)c2c(n1)N(CC1CC1)CCC2. The molecule has 1 aromatic rings. The molecule has 26 heavy (non-hydrogen) atoms. The first-order chi connectivity index (χ1) is 12.5. The van der Waals surface area contributed by atoms with Gasteiger partial charge in [0.2, 0.25) is 10.0 Å². The first-order valence-corrected chi connectivity index (χ1v) is 11.7. The van der Waals surface area contributed by atoms with Crippen LogP contribution in [0.2, 0.25) is 0 Å². The van der Waals surface area contributed by atoms with E-state index in [4.69, 9.17) is 9.97 Å². The molecule has 0 amide bonds. The summed E-state index contributed by atoms with van der Waals surface area (Å²) in [5.41, 5.74) is 2.30. The maximum Gasteiger partial charge on any atom is 0.214 e. The van der Waals surface area contributed by atoms with E-state index < -0.39 is 10.0 Å². The molecule has 1 saturated carbocycles. The van der Waals surface area contributed by atoms with Gasteiger partial charge in [0.25, 0.3) is 0 Å². The molecule has 1 aromatic heterocycles. The van der Waals surface area contributed by atoms with Gasteiger partial charge in [-0.05, 0) is 58.3 Å². The third-order valence-electron chi connectivity index (χ3n) is 6.01. The minimum atomic E-state index is -3.24. The Bertz CT molecular complexity index is 776. The van der Waals surface area contributed by atoms with E-state index in [0.29, 0.717) is 12.4 Å². The first-order valence-electron chi connectivity index (χ1n) is 10.1. The van der Waals surface area contributed by atoms with Crippen molar-refractivity contribution >= 4 is 15.8 Å². The Hall–Kier alpha value is -1.21. The largest absolute Gasteiger partial charge is 0.356 e. The van der Waals surface area contributed by atoms with Crippen molar-refractivity contribution in [2.45, 2.75) is 64.8 Å². The average molecular weight is 379 g/mol. The van der Waals surface area contributed by atoms with E-state index in [1.165, 1.54) is 18.4 Å². The Morgan fingerprint density at radius 2 is 1.88 bits per heavy atom. The fourth-order valence-corrected chi connectivity index (χ4v) is 5.64. The summed E-state index contributed by atoms with van der Waals surface area (Å²) in [4.78, 5) is 12.2. The highest BCUT2D eigenvalue weighted by Gasteiger charge is 2.36. The molecule has 6 nitrogen and oxygen atoms in total. The fraction of sp³-hybridized carbons (Fsp3) is 0.789. The molecule has 0 radical (unpaired) electrons. The quantitative estimate of drug-likeness (QED) is 0.788. The highest BCUT2D eigenvalue weighted by molar-refractivity contribution is 7.89. The standard InChI is InChI=1S/C19H30N4O2S/c1-3-26(24,25)23-12-5-4-8-17(23)18-20-14(2)16-7-6-11-22(19(16)21-18)13-15-9-10-15/h15,17H,3-13H2,1-2H3/t17-/m0/s1. The van der Waals surface area contributed by atoms with Crippen molar-refractivity contribution in [2.75, 3.05) is 30.3 Å². The lowest BCUT2D eigenvalue weighted by Gasteiger charge is -2.36. The molecule has 3 aliphatic rings. The second-order valence-corrected chi connectivity index (χ2v) is 10.2. The Morgan fingerprint density at radius 3 is 2.62 bits per heavy atom. The topological polar surface area (TPSA) is 66.4 Å². The van der Waals surface area contributed by atoms with Crippen molar-refractivity contribution in [3.05, 3.63) is 17.1 Å². The summed E-state index contributed by atoms with van der Waals surface area (Å²) in [6.07, 6.45) is 7.62. The minimum absolute atomic E-state index is 0.140. The van der Waals surface area contributed by atoms with Gasteiger partial charge in [-0.15, -0.1) is 0 Å². The number of aryl methyl sites for hydroxylation is 1. The van der Waals surface area contributed by atoms with Crippen molar-refractivity contribution < 1.29 is 8.42 Å². The van der Waals surface area contributed by atoms with Gasteiger partial charge in [0.1, 0.15) is 11.6 Å². The zero-order valence-corrected chi connectivity index (χ0v) is 16.8. The van der Waals surface area contributed by atoms with Crippen LogP contribution in [-0.4, -0.2) is 48.1 Å². The summed E-state index contributed by atoms with van der Waals surface area (Å²) in [5.74, 6) is 2.73. The zero-order chi connectivity index (χ0) is 18.3. The molecule has 2 fully saturated rings. The van der Waals surface area contributed by atoms with E-state index in [-0.39, 0.29) is 11.8 Å². The van der Waals surface area contributed by atoms with Crippen LogP contribution < -0.4 is 4.90 Å². The van der Waals surface area contributed by atoms with Crippen LogP contribution in [-0.2, 0) is 16.4 Å². The van der Waals surface area contributed by atoms with Crippen LogP contribution in [0.3, 0.4) is 0 Å². The Morgan fingerprint density at radius 1 is 1.08 bits per heavy atom. The molecular weight excluding hydrogens is 348 g/mol. The van der Waals surface area contributed by atoms with E-state index >= 15 is 0 Å². The van der Waals surface area contributed by atoms with Crippen molar-refractivity contribution in [3.63, 3.8) is 0 Å². The lowest BCUT2D eigenvalue weighted by molar-refractivity contribution is 0.246. The smallest absolute Gasteiger partial charge is 0.214 e. The third kappa shape index (κ3) is 3.48. The summed E-state index contributed by atoms with van der Waals surface area (Å²) < 4.78 is 26.8. The van der Waals surface area contributed by atoms with E-state index in [0.717, 1.165) is 62.6 Å². The number of rotatable bonds is 5. The average Bonchev–Trinajstić information content (AvgIpc) is 3.46. The van der Waals surface area contributed by atoms with Crippen LogP contribution in [0.1, 0.15) is 68.6 Å². The van der Waals surface area contributed by atoms with Crippen molar-refractivity contribution in [1.82, 2.24) is 14.3 Å². The van der Waals surface area contributed by atoms with Crippen LogP contribution in [0.25, 0.3) is 0 Å². The molecular formula is C19H30N4O2S. The van der Waals surface area contributed by atoms with Gasteiger partial charge in [0.05, 0.1) is 11.8 Å². The maximum absolute atomic E-state index is 12.6. The molecule has 0 spiro atoms. The van der Waals surface area contributed by atoms with Gasteiger partial charge in [-0.2, -0.15) is 4.31 Å². The number of nitrogens with zero attached hydrogens (tertiary/aromatic N) is 4. The van der Waals surface area contributed by atoms with Crippen molar-refractivity contribution in [2.24, 2.45) is 5.92 Å². The van der Waals surface area contributed by atoms with Crippen LogP contribution in [0, 0.1) is 12.8 Å². The second-order valence-electron chi connectivity index (χ2n) is 7.99. The number of piperidine rings is 1. The predicted octanol–water partition coefficient (Wildman–Crippen LogP) is 2.82. The molecule has 4 rings (SSSR count). The third-order valence-corrected chi connectivity index (χ3v) is 7.89. The number of sulfonamides is 1. The summed E-state index contributed by atoms with van der Waals surface area (Å²) in [5, 5.41) is 0. The monoisotopic (exact) mass is 378 g/mol. The van der Waals surface area contributed by atoms with Gasteiger partial charge in [-0.25, -0.2) is 18.4 Å². The Balaban J connectivity index is 1.70. The van der Waals surface area contributed by atoms with Crippen molar-refractivity contribution in [3.8, 4) is 0 Å². The number of fused-ring (bicyclic) bond motifs is 1. The molecule has 1 aliphatic carbocycles. The summed E-state index contributed by atoms with van der Waals surface area (Å²) in [7, 11) is -3.24. The minimum Gasteiger partial charge on any atom is -0.356 e. The highest BCUT2D eigenvalue weighted by atomic mass is 32.2. The maximum atomic E-state index is 12.6. The van der Waals surface area contributed by atoms with Gasteiger partial charge < -0.3 is 4.90 Å². The second kappa shape index (κ2) is 7.08.